The predicted molar refractivity (Wildman–Crippen MR) is 177 cm³/mol. The molecule has 5 rings (SSSR count). The van der Waals surface area contributed by atoms with Gasteiger partial charge < -0.3 is 20.1 Å². The van der Waals surface area contributed by atoms with Crippen molar-refractivity contribution >= 4 is 68.4 Å². The van der Waals surface area contributed by atoms with Crippen LogP contribution in [0.4, 0.5) is 11.6 Å². The molecule has 1 aliphatic heterocycles. The number of thioether (sulfide) groups is 1. The minimum atomic E-state index is -0.599. The second kappa shape index (κ2) is 13.6. The first-order valence-corrected chi connectivity index (χ1v) is 16.1. The number of anilines is 2. The zero-order valence-electron chi connectivity index (χ0n) is 24.0. The minimum absolute atomic E-state index is 0.243. The van der Waals surface area contributed by atoms with Gasteiger partial charge in [0.25, 0.3) is 5.91 Å². The summed E-state index contributed by atoms with van der Waals surface area (Å²) in [7, 11) is 1.58. The lowest BCUT2D eigenvalue weighted by atomic mass is 9.94. The molecular weight excluding hydrogens is 673 g/mol. The van der Waals surface area contributed by atoms with Gasteiger partial charge in [-0.1, -0.05) is 66.2 Å². The van der Waals surface area contributed by atoms with Crippen LogP contribution < -0.4 is 20.1 Å². The molecule has 0 bridgehead atoms. The molecule has 0 aliphatic carbocycles. The standard InChI is InChI=1S/C31H30BrCl2N5O3S/c1-5-12-43-31-37-30-35-18(3)26(29(40)36-24-9-7-6-8-17(24)2)27(39(30)38-31)20-14-21(32)28(25(15-20)41-4)42-16-19-10-11-22(33)23(34)13-19/h6-11,13-15,27H,5,12,16H2,1-4H3,(H,36,40)(H,35,37,38). The van der Waals surface area contributed by atoms with Gasteiger partial charge in [-0.15, -0.1) is 5.10 Å². The number of nitrogens with zero attached hydrogens (tertiary/aromatic N) is 3. The van der Waals surface area contributed by atoms with E-state index in [2.05, 4.69) is 33.5 Å². The molecule has 1 amide bonds. The van der Waals surface area contributed by atoms with Crippen molar-refractivity contribution < 1.29 is 14.3 Å². The number of hydrogen-bond donors (Lipinski definition) is 2. The van der Waals surface area contributed by atoms with E-state index < -0.39 is 6.04 Å². The fourth-order valence-electron chi connectivity index (χ4n) is 4.71. The first kappa shape index (κ1) is 31.3. The quantitative estimate of drug-likeness (QED) is 0.160. The number of carbonyl (C=O) groups excluding carboxylic acids is 1. The van der Waals surface area contributed by atoms with Crippen molar-refractivity contribution in [3.8, 4) is 11.5 Å². The van der Waals surface area contributed by atoms with Gasteiger partial charge in [0.2, 0.25) is 11.1 Å². The number of methoxy groups -OCH3 is 1. The average molecular weight is 703 g/mol. The second-order valence-electron chi connectivity index (χ2n) is 9.92. The summed E-state index contributed by atoms with van der Waals surface area (Å²) >= 11 is 17.5. The van der Waals surface area contributed by atoms with Crippen LogP contribution in [-0.2, 0) is 11.4 Å². The molecule has 8 nitrogen and oxygen atoms in total. The number of ether oxygens (including phenoxy) is 2. The Kier molecular flexibility index (Phi) is 9.91. The van der Waals surface area contributed by atoms with Crippen molar-refractivity contribution in [2.75, 3.05) is 23.5 Å². The molecule has 0 radical (unpaired) electrons. The Hall–Kier alpha value is -3.18. The van der Waals surface area contributed by atoms with Gasteiger partial charge in [0.1, 0.15) is 12.6 Å². The summed E-state index contributed by atoms with van der Waals surface area (Å²) in [5.74, 6) is 2.19. The summed E-state index contributed by atoms with van der Waals surface area (Å²) in [5, 5.41) is 12.8. The van der Waals surface area contributed by atoms with E-state index in [1.54, 1.807) is 35.7 Å². The van der Waals surface area contributed by atoms with E-state index >= 15 is 0 Å². The Morgan fingerprint density at radius 2 is 1.93 bits per heavy atom. The number of fused-ring (bicyclic) bond motifs is 1. The molecular formula is C31H30BrCl2N5O3S. The smallest absolute Gasteiger partial charge is 0.255 e. The van der Waals surface area contributed by atoms with Gasteiger partial charge in [0, 0.05) is 17.1 Å². The molecule has 1 atom stereocenters. The Morgan fingerprint density at radius 3 is 2.65 bits per heavy atom. The molecule has 3 aromatic carbocycles. The lowest BCUT2D eigenvalue weighted by Gasteiger charge is -2.29. The van der Waals surface area contributed by atoms with Gasteiger partial charge in [-0.25, -0.2) is 4.68 Å². The van der Waals surface area contributed by atoms with Crippen LogP contribution in [0.1, 0.15) is 43.0 Å². The minimum Gasteiger partial charge on any atom is -0.493 e. The van der Waals surface area contributed by atoms with E-state index in [1.807, 2.05) is 56.3 Å². The zero-order valence-corrected chi connectivity index (χ0v) is 27.9. The molecule has 2 heterocycles. The number of para-hydroxylation sites is 1. The molecule has 1 aliphatic rings. The maximum absolute atomic E-state index is 14.0. The number of amides is 1. The topological polar surface area (TPSA) is 90.3 Å². The van der Waals surface area contributed by atoms with Crippen LogP contribution in [0.3, 0.4) is 0 Å². The fraction of sp³-hybridized carbons (Fsp3) is 0.258. The molecule has 224 valence electrons. The van der Waals surface area contributed by atoms with Gasteiger partial charge in [-0.2, -0.15) is 4.98 Å². The van der Waals surface area contributed by atoms with E-state index in [-0.39, 0.29) is 12.5 Å². The lowest BCUT2D eigenvalue weighted by Crippen LogP contribution is -2.31. The molecule has 4 aromatic rings. The van der Waals surface area contributed by atoms with Gasteiger partial charge in [-0.05, 0) is 83.2 Å². The summed E-state index contributed by atoms with van der Waals surface area (Å²) in [6.45, 7) is 6.18. The molecule has 1 aromatic heterocycles. The third kappa shape index (κ3) is 6.82. The third-order valence-corrected chi connectivity index (χ3v) is 9.21. The van der Waals surface area contributed by atoms with Gasteiger partial charge >= 0.3 is 0 Å². The number of nitrogens with one attached hydrogen (secondary N) is 2. The molecule has 0 saturated heterocycles. The Morgan fingerprint density at radius 1 is 1.14 bits per heavy atom. The second-order valence-corrected chi connectivity index (χ2v) is 12.6. The summed E-state index contributed by atoms with van der Waals surface area (Å²) in [6, 6.07) is 16.2. The molecule has 12 heteroatoms. The molecule has 0 fully saturated rings. The van der Waals surface area contributed by atoms with Crippen molar-refractivity contribution in [2.45, 2.75) is 45.0 Å². The van der Waals surface area contributed by atoms with Gasteiger partial charge in [-0.3, -0.25) is 4.79 Å². The zero-order chi connectivity index (χ0) is 30.7. The fourth-order valence-corrected chi connectivity index (χ4v) is 6.29. The third-order valence-electron chi connectivity index (χ3n) is 6.84. The Labute approximate surface area is 273 Å². The Balaban J connectivity index is 1.55. The summed E-state index contributed by atoms with van der Waals surface area (Å²) < 4.78 is 14.4. The van der Waals surface area contributed by atoms with Crippen molar-refractivity contribution in [1.29, 1.82) is 0 Å². The van der Waals surface area contributed by atoms with Crippen LogP contribution >= 0.6 is 50.9 Å². The van der Waals surface area contributed by atoms with Crippen molar-refractivity contribution in [3.63, 3.8) is 0 Å². The number of aryl methyl sites for hydroxylation is 1. The lowest BCUT2D eigenvalue weighted by molar-refractivity contribution is -0.113. The Bertz CT molecular complexity index is 1710. The van der Waals surface area contributed by atoms with Gasteiger partial charge in [0.15, 0.2) is 11.5 Å². The molecule has 43 heavy (non-hydrogen) atoms. The average Bonchev–Trinajstić information content (AvgIpc) is 3.39. The van der Waals surface area contributed by atoms with Gasteiger partial charge in [0.05, 0.1) is 27.2 Å². The first-order chi connectivity index (χ1) is 20.7. The normalized spacial score (nSPS) is 14.3. The number of rotatable bonds is 10. The number of halogens is 3. The highest BCUT2D eigenvalue weighted by molar-refractivity contribution is 9.10. The SMILES string of the molecule is CCCSc1nc2n(n1)C(c1cc(Br)c(OCc3ccc(Cl)c(Cl)c3)c(OC)c1)C(C(=O)Nc1ccccc1C)=C(C)N2. The van der Waals surface area contributed by atoms with E-state index in [0.717, 1.165) is 34.6 Å². The number of allylic oxidation sites excluding steroid dienone is 1. The van der Waals surface area contributed by atoms with E-state index in [1.165, 1.54) is 0 Å². The molecule has 1 unspecified atom stereocenters. The molecule has 0 spiro atoms. The maximum Gasteiger partial charge on any atom is 0.255 e. The number of aromatic nitrogens is 3. The van der Waals surface area contributed by atoms with Crippen LogP contribution in [0.25, 0.3) is 0 Å². The van der Waals surface area contributed by atoms with Crippen LogP contribution in [0, 0.1) is 6.92 Å². The summed E-state index contributed by atoms with van der Waals surface area (Å²) in [4.78, 5) is 18.7. The molecule has 2 N–H and O–H groups in total. The highest BCUT2D eigenvalue weighted by Gasteiger charge is 2.35. The summed E-state index contributed by atoms with van der Waals surface area (Å²) in [5.41, 5.74) is 4.49. The van der Waals surface area contributed by atoms with E-state index in [0.29, 0.717) is 48.4 Å². The van der Waals surface area contributed by atoms with Crippen molar-refractivity contribution in [1.82, 2.24) is 14.8 Å². The highest BCUT2D eigenvalue weighted by Crippen LogP contribution is 2.43. The van der Waals surface area contributed by atoms with Crippen molar-refractivity contribution in [3.05, 3.63) is 97.1 Å². The first-order valence-electron chi connectivity index (χ1n) is 13.6. The monoisotopic (exact) mass is 701 g/mol. The summed E-state index contributed by atoms with van der Waals surface area (Å²) in [6.07, 6.45) is 0.987. The maximum atomic E-state index is 14.0. The van der Waals surface area contributed by atoms with Crippen LogP contribution in [0.5, 0.6) is 11.5 Å². The largest absolute Gasteiger partial charge is 0.493 e. The number of hydrogen-bond acceptors (Lipinski definition) is 7. The van der Waals surface area contributed by atoms with E-state index in [9.17, 15) is 4.79 Å². The number of carbonyl (C=O) groups is 1. The van der Waals surface area contributed by atoms with Crippen molar-refractivity contribution in [2.24, 2.45) is 0 Å². The van der Waals surface area contributed by atoms with Crippen LogP contribution in [0.2, 0.25) is 10.0 Å². The highest BCUT2D eigenvalue weighted by atomic mass is 79.9. The predicted octanol–water partition coefficient (Wildman–Crippen LogP) is 8.67. The molecule has 0 saturated carbocycles. The van der Waals surface area contributed by atoms with Crippen LogP contribution in [-0.4, -0.2) is 33.5 Å². The number of benzene rings is 3. The van der Waals surface area contributed by atoms with Crippen LogP contribution in [0.15, 0.2) is 75.5 Å². The van der Waals surface area contributed by atoms with E-state index in [4.69, 9.17) is 42.8 Å².